The Kier molecular flexibility index (Phi) is 8.37. The van der Waals surface area contributed by atoms with Crippen molar-refractivity contribution < 1.29 is 14.7 Å². The minimum Gasteiger partial charge on any atom is -0.393 e. The van der Waals surface area contributed by atoms with E-state index in [1.807, 2.05) is 13.8 Å². The highest BCUT2D eigenvalue weighted by Gasteiger charge is 2.21. The van der Waals surface area contributed by atoms with Crippen molar-refractivity contribution in [2.45, 2.75) is 45.3 Å². The van der Waals surface area contributed by atoms with Crippen LogP contribution in [0, 0.1) is 0 Å². The van der Waals surface area contributed by atoms with Crippen LogP contribution in [0.3, 0.4) is 0 Å². The third-order valence-electron chi connectivity index (χ3n) is 4.23. The summed E-state index contributed by atoms with van der Waals surface area (Å²) in [6.07, 6.45) is 1.65. The second-order valence-corrected chi connectivity index (χ2v) is 5.83. The smallest absolute Gasteiger partial charge is 0.241 e. The van der Waals surface area contributed by atoms with E-state index in [1.54, 1.807) is 0 Å². The molecule has 0 spiro atoms. The molecule has 7 heteroatoms. The van der Waals surface area contributed by atoms with Gasteiger partial charge in [0.25, 0.3) is 0 Å². The molecule has 1 aliphatic heterocycles. The number of nitrogens with one attached hydrogen (secondary N) is 1. The van der Waals surface area contributed by atoms with Gasteiger partial charge in [0.1, 0.15) is 6.04 Å². The summed E-state index contributed by atoms with van der Waals surface area (Å²) >= 11 is 0. The Morgan fingerprint density at radius 3 is 2.41 bits per heavy atom. The van der Waals surface area contributed by atoms with Gasteiger partial charge in [-0.05, 0) is 25.9 Å². The highest BCUT2D eigenvalue weighted by molar-refractivity contribution is 5.86. The number of aliphatic hydroxyl groups excluding tert-OH is 1. The summed E-state index contributed by atoms with van der Waals surface area (Å²) in [4.78, 5) is 27.7. The van der Waals surface area contributed by atoms with Crippen LogP contribution in [-0.4, -0.2) is 78.1 Å². The molecule has 0 bridgehead atoms. The standard InChI is InChI=1S/C15H30N4O3/c1-3-18(4-2)11-13(15(16)22)17-14(21)7-10-19-8-5-12(20)6-9-19/h12-13,20H,3-11H2,1-2H3,(H2,16,22)(H,17,21). The van der Waals surface area contributed by atoms with E-state index in [0.29, 0.717) is 19.5 Å². The van der Waals surface area contributed by atoms with Crippen molar-refractivity contribution in [3.05, 3.63) is 0 Å². The molecule has 22 heavy (non-hydrogen) atoms. The molecule has 1 aliphatic rings. The predicted molar refractivity (Wildman–Crippen MR) is 85.2 cm³/mol. The SMILES string of the molecule is CCN(CC)CC(NC(=O)CCN1CCC(O)CC1)C(N)=O. The second-order valence-electron chi connectivity index (χ2n) is 5.83. The van der Waals surface area contributed by atoms with Gasteiger partial charge < -0.3 is 26.0 Å². The minimum atomic E-state index is -0.643. The van der Waals surface area contributed by atoms with E-state index in [1.165, 1.54) is 0 Å². The zero-order valence-electron chi connectivity index (χ0n) is 13.8. The maximum Gasteiger partial charge on any atom is 0.241 e. The molecule has 0 aromatic heterocycles. The lowest BCUT2D eigenvalue weighted by molar-refractivity contribution is -0.128. The number of likely N-dealkylation sites (N-methyl/N-ethyl adjacent to an activating group) is 1. The van der Waals surface area contributed by atoms with E-state index in [9.17, 15) is 14.7 Å². The quantitative estimate of drug-likeness (QED) is 0.515. The first-order valence-corrected chi connectivity index (χ1v) is 8.17. The topological polar surface area (TPSA) is 98.9 Å². The molecule has 1 unspecified atom stereocenters. The van der Waals surface area contributed by atoms with Gasteiger partial charge in [0.2, 0.25) is 11.8 Å². The molecule has 0 saturated carbocycles. The number of aliphatic hydroxyl groups is 1. The summed E-state index contributed by atoms with van der Waals surface area (Å²) in [6.45, 7) is 8.36. The van der Waals surface area contributed by atoms with E-state index >= 15 is 0 Å². The number of carbonyl (C=O) groups excluding carboxylic acids is 2. The summed E-state index contributed by atoms with van der Waals surface area (Å²) in [6, 6.07) is -0.643. The summed E-state index contributed by atoms with van der Waals surface area (Å²) in [7, 11) is 0. The molecule has 0 aliphatic carbocycles. The van der Waals surface area contributed by atoms with Gasteiger partial charge in [0.05, 0.1) is 6.10 Å². The third-order valence-corrected chi connectivity index (χ3v) is 4.23. The molecule has 1 rings (SSSR count). The summed E-state index contributed by atoms with van der Waals surface area (Å²) in [5.74, 6) is -0.650. The van der Waals surface area contributed by atoms with Crippen LogP contribution in [0.5, 0.6) is 0 Å². The molecule has 0 aromatic carbocycles. The maximum atomic E-state index is 12.0. The molecule has 1 heterocycles. The number of primary amides is 1. The van der Waals surface area contributed by atoms with Gasteiger partial charge in [-0.1, -0.05) is 13.8 Å². The van der Waals surface area contributed by atoms with Crippen molar-refractivity contribution in [3.8, 4) is 0 Å². The first-order valence-electron chi connectivity index (χ1n) is 8.17. The van der Waals surface area contributed by atoms with Gasteiger partial charge in [-0.25, -0.2) is 0 Å². The zero-order valence-corrected chi connectivity index (χ0v) is 13.8. The largest absolute Gasteiger partial charge is 0.393 e. The Balaban J connectivity index is 2.35. The lowest BCUT2D eigenvalue weighted by Crippen LogP contribution is -2.51. The fourth-order valence-electron chi connectivity index (χ4n) is 2.62. The molecule has 1 saturated heterocycles. The van der Waals surface area contributed by atoms with Gasteiger partial charge in [0.15, 0.2) is 0 Å². The first-order chi connectivity index (χ1) is 10.5. The lowest BCUT2D eigenvalue weighted by Gasteiger charge is -2.29. The van der Waals surface area contributed by atoms with Crippen molar-refractivity contribution in [1.29, 1.82) is 0 Å². The zero-order chi connectivity index (χ0) is 16.5. The Bertz CT molecular complexity index is 353. The fourth-order valence-corrected chi connectivity index (χ4v) is 2.62. The number of rotatable bonds is 9. The number of carbonyl (C=O) groups is 2. The van der Waals surface area contributed by atoms with Crippen molar-refractivity contribution in [2.75, 3.05) is 39.3 Å². The average molecular weight is 314 g/mol. The number of amides is 2. The Labute approximate surface area is 132 Å². The highest BCUT2D eigenvalue weighted by atomic mass is 16.3. The van der Waals surface area contributed by atoms with E-state index in [-0.39, 0.29) is 12.0 Å². The molecule has 1 atom stereocenters. The summed E-state index contributed by atoms with van der Waals surface area (Å²) in [5, 5.41) is 12.2. The molecule has 128 valence electrons. The van der Waals surface area contributed by atoms with E-state index in [0.717, 1.165) is 39.0 Å². The van der Waals surface area contributed by atoms with Crippen LogP contribution in [0.25, 0.3) is 0 Å². The van der Waals surface area contributed by atoms with Crippen molar-refractivity contribution in [3.63, 3.8) is 0 Å². The maximum absolute atomic E-state index is 12.0. The van der Waals surface area contributed by atoms with Gasteiger partial charge in [-0.3, -0.25) is 9.59 Å². The number of nitrogens with zero attached hydrogens (tertiary/aromatic N) is 2. The minimum absolute atomic E-state index is 0.151. The summed E-state index contributed by atoms with van der Waals surface area (Å²) in [5.41, 5.74) is 5.38. The number of nitrogens with two attached hydrogens (primary N) is 1. The van der Waals surface area contributed by atoms with Crippen LogP contribution in [0.2, 0.25) is 0 Å². The normalized spacial score (nSPS) is 18.4. The lowest BCUT2D eigenvalue weighted by atomic mass is 10.1. The van der Waals surface area contributed by atoms with Crippen LogP contribution in [0.4, 0.5) is 0 Å². The van der Waals surface area contributed by atoms with E-state index < -0.39 is 11.9 Å². The molecule has 0 radical (unpaired) electrons. The number of piperidine rings is 1. The van der Waals surface area contributed by atoms with E-state index in [4.69, 9.17) is 5.73 Å². The second kappa shape index (κ2) is 9.76. The van der Waals surface area contributed by atoms with Crippen molar-refractivity contribution in [1.82, 2.24) is 15.1 Å². The molecule has 0 aromatic rings. The van der Waals surface area contributed by atoms with Crippen molar-refractivity contribution >= 4 is 11.8 Å². The fraction of sp³-hybridized carbons (Fsp3) is 0.867. The first kappa shape index (κ1) is 18.9. The number of likely N-dealkylation sites (tertiary alicyclic amines) is 1. The highest BCUT2D eigenvalue weighted by Crippen LogP contribution is 2.09. The average Bonchev–Trinajstić information content (AvgIpc) is 2.50. The molecule has 1 fully saturated rings. The molecule has 7 nitrogen and oxygen atoms in total. The van der Waals surface area contributed by atoms with Gasteiger partial charge >= 0.3 is 0 Å². The number of hydrogen-bond donors (Lipinski definition) is 3. The molecular weight excluding hydrogens is 284 g/mol. The van der Waals surface area contributed by atoms with Crippen LogP contribution in [-0.2, 0) is 9.59 Å². The molecular formula is C15H30N4O3. The van der Waals surface area contributed by atoms with Crippen LogP contribution < -0.4 is 11.1 Å². The monoisotopic (exact) mass is 314 g/mol. The van der Waals surface area contributed by atoms with E-state index in [2.05, 4.69) is 15.1 Å². The predicted octanol–water partition coefficient (Wildman–Crippen LogP) is -0.855. The molecule has 4 N–H and O–H groups in total. The molecule has 2 amide bonds. The van der Waals surface area contributed by atoms with Crippen LogP contribution in [0.15, 0.2) is 0 Å². The Morgan fingerprint density at radius 1 is 1.32 bits per heavy atom. The van der Waals surface area contributed by atoms with Crippen LogP contribution in [0.1, 0.15) is 33.1 Å². The van der Waals surface area contributed by atoms with Gasteiger partial charge in [-0.15, -0.1) is 0 Å². The Morgan fingerprint density at radius 2 is 1.91 bits per heavy atom. The summed E-state index contributed by atoms with van der Waals surface area (Å²) < 4.78 is 0. The van der Waals surface area contributed by atoms with Crippen LogP contribution >= 0.6 is 0 Å². The Hall–Kier alpha value is -1.18. The third kappa shape index (κ3) is 6.72. The van der Waals surface area contributed by atoms with Gasteiger partial charge in [0, 0.05) is 32.6 Å². The van der Waals surface area contributed by atoms with Crippen molar-refractivity contribution in [2.24, 2.45) is 5.73 Å². The van der Waals surface area contributed by atoms with Gasteiger partial charge in [-0.2, -0.15) is 0 Å². The number of hydrogen-bond acceptors (Lipinski definition) is 5.